The quantitative estimate of drug-likeness (QED) is 0.476. The second kappa shape index (κ2) is 11.0. The van der Waals surface area contributed by atoms with Crippen molar-refractivity contribution in [3.05, 3.63) is 65.8 Å². The molecule has 35 heavy (non-hydrogen) atoms. The number of carbonyl (C=O) groups excluding carboxylic acids is 1. The first kappa shape index (κ1) is 24.8. The van der Waals surface area contributed by atoms with E-state index in [0.29, 0.717) is 55.9 Å². The number of benzene rings is 2. The number of aromatic nitrogens is 2. The summed E-state index contributed by atoms with van der Waals surface area (Å²) >= 11 is 0. The lowest BCUT2D eigenvalue weighted by atomic mass is 10.1. The number of amides is 1. The van der Waals surface area contributed by atoms with Crippen molar-refractivity contribution in [2.45, 2.75) is 31.1 Å². The van der Waals surface area contributed by atoms with E-state index in [0.717, 1.165) is 5.56 Å². The zero-order valence-corrected chi connectivity index (χ0v) is 20.5. The van der Waals surface area contributed by atoms with E-state index in [-0.39, 0.29) is 23.3 Å². The highest BCUT2D eigenvalue weighted by molar-refractivity contribution is 7.89. The predicted octanol–water partition coefficient (Wildman–Crippen LogP) is 2.82. The van der Waals surface area contributed by atoms with Crippen molar-refractivity contribution < 1.29 is 27.2 Å². The van der Waals surface area contributed by atoms with E-state index in [9.17, 15) is 13.2 Å². The fourth-order valence-corrected chi connectivity index (χ4v) is 4.86. The Morgan fingerprint density at radius 3 is 2.40 bits per heavy atom. The molecule has 0 aliphatic carbocycles. The molecular weight excluding hydrogens is 472 g/mol. The van der Waals surface area contributed by atoms with E-state index in [1.165, 1.54) is 28.6 Å². The first-order valence-corrected chi connectivity index (χ1v) is 12.8. The minimum atomic E-state index is -3.57. The number of nitrogens with one attached hydrogen (secondary N) is 1. The SMILES string of the molecule is CC(C)c1nc(Cc2ccc(NC(=O)COc3ccc(S(=O)(=O)N4CCOCC4)cc3)cc2)no1. The van der Waals surface area contributed by atoms with Gasteiger partial charge in [-0.05, 0) is 42.0 Å². The Labute approximate surface area is 204 Å². The van der Waals surface area contributed by atoms with Crippen molar-refractivity contribution >= 4 is 21.6 Å². The second-order valence-corrected chi connectivity index (χ2v) is 10.3. The minimum Gasteiger partial charge on any atom is -0.484 e. The van der Waals surface area contributed by atoms with Crippen molar-refractivity contribution in [3.63, 3.8) is 0 Å². The Morgan fingerprint density at radius 2 is 1.77 bits per heavy atom. The summed E-state index contributed by atoms with van der Waals surface area (Å²) in [7, 11) is -3.57. The average molecular weight is 501 g/mol. The number of sulfonamides is 1. The van der Waals surface area contributed by atoms with Crippen molar-refractivity contribution in [2.24, 2.45) is 0 Å². The third kappa shape index (κ3) is 6.44. The number of carbonyl (C=O) groups is 1. The van der Waals surface area contributed by atoms with Gasteiger partial charge in [-0.15, -0.1) is 0 Å². The van der Waals surface area contributed by atoms with Gasteiger partial charge in [0.25, 0.3) is 5.91 Å². The van der Waals surface area contributed by atoms with Gasteiger partial charge in [0, 0.05) is 31.1 Å². The molecule has 0 saturated carbocycles. The summed E-state index contributed by atoms with van der Waals surface area (Å²) < 4.78 is 42.7. The first-order valence-electron chi connectivity index (χ1n) is 11.3. The largest absolute Gasteiger partial charge is 0.484 e. The van der Waals surface area contributed by atoms with Crippen molar-refractivity contribution in [2.75, 3.05) is 38.2 Å². The average Bonchev–Trinajstić information content (AvgIpc) is 3.34. The summed E-state index contributed by atoms with van der Waals surface area (Å²) in [4.78, 5) is 16.8. The molecule has 3 aromatic rings. The predicted molar refractivity (Wildman–Crippen MR) is 128 cm³/mol. The molecule has 0 radical (unpaired) electrons. The number of hydrogen-bond donors (Lipinski definition) is 1. The lowest BCUT2D eigenvalue weighted by Gasteiger charge is -2.26. The normalized spacial score (nSPS) is 14.7. The van der Waals surface area contributed by atoms with Crippen LogP contribution in [-0.4, -0.2) is 61.7 Å². The van der Waals surface area contributed by atoms with Crippen LogP contribution in [0.5, 0.6) is 5.75 Å². The van der Waals surface area contributed by atoms with Crippen molar-refractivity contribution in [3.8, 4) is 5.75 Å². The number of morpholine rings is 1. The van der Waals surface area contributed by atoms with Crippen LogP contribution in [0.25, 0.3) is 0 Å². The monoisotopic (exact) mass is 500 g/mol. The Hall–Kier alpha value is -3.28. The van der Waals surface area contributed by atoms with E-state index < -0.39 is 10.0 Å². The molecule has 1 saturated heterocycles. The zero-order chi connectivity index (χ0) is 24.8. The van der Waals surface area contributed by atoms with Gasteiger partial charge in [-0.3, -0.25) is 4.79 Å². The molecule has 2 aromatic carbocycles. The Kier molecular flexibility index (Phi) is 7.79. The second-order valence-electron chi connectivity index (χ2n) is 8.40. The molecule has 2 heterocycles. The molecule has 0 atom stereocenters. The van der Waals surface area contributed by atoms with E-state index in [1.807, 2.05) is 26.0 Å². The lowest BCUT2D eigenvalue weighted by Crippen LogP contribution is -2.40. The maximum absolute atomic E-state index is 12.7. The molecule has 10 nitrogen and oxygen atoms in total. The number of ether oxygens (including phenoxy) is 2. The smallest absolute Gasteiger partial charge is 0.262 e. The molecule has 0 spiro atoms. The van der Waals surface area contributed by atoms with E-state index in [1.54, 1.807) is 12.1 Å². The topological polar surface area (TPSA) is 124 Å². The number of anilines is 1. The van der Waals surface area contributed by atoms with Crippen LogP contribution in [0.4, 0.5) is 5.69 Å². The molecule has 1 N–H and O–H groups in total. The molecule has 0 unspecified atom stereocenters. The highest BCUT2D eigenvalue weighted by atomic mass is 32.2. The van der Waals surface area contributed by atoms with Gasteiger partial charge in [0.2, 0.25) is 15.9 Å². The van der Waals surface area contributed by atoms with E-state index in [2.05, 4.69) is 15.5 Å². The van der Waals surface area contributed by atoms with E-state index in [4.69, 9.17) is 14.0 Å². The van der Waals surface area contributed by atoms with Crippen LogP contribution in [0.15, 0.2) is 57.9 Å². The summed E-state index contributed by atoms with van der Waals surface area (Å²) in [6.07, 6.45) is 0.533. The van der Waals surface area contributed by atoms with Crippen LogP contribution < -0.4 is 10.1 Å². The number of nitrogens with zero attached hydrogens (tertiary/aromatic N) is 3. The summed E-state index contributed by atoms with van der Waals surface area (Å²) in [6.45, 7) is 5.20. The highest BCUT2D eigenvalue weighted by Crippen LogP contribution is 2.21. The Balaban J connectivity index is 1.26. The van der Waals surface area contributed by atoms with Crippen molar-refractivity contribution in [1.29, 1.82) is 0 Å². The van der Waals surface area contributed by atoms with Crippen LogP contribution in [0, 0.1) is 0 Å². The molecule has 1 aliphatic heterocycles. The Bertz CT molecular complexity index is 1230. The van der Waals surface area contributed by atoms with Gasteiger partial charge in [0.05, 0.1) is 18.1 Å². The number of rotatable bonds is 9. The molecule has 1 fully saturated rings. The van der Waals surface area contributed by atoms with Gasteiger partial charge in [0.15, 0.2) is 12.4 Å². The lowest BCUT2D eigenvalue weighted by molar-refractivity contribution is -0.118. The highest BCUT2D eigenvalue weighted by Gasteiger charge is 2.26. The fourth-order valence-electron chi connectivity index (χ4n) is 3.45. The van der Waals surface area contributed by atoms with Gasteiger partial charge in [-0.1, -0.05) is 31.1 Å². The van der Waals surface area contributed by atoms with Crippen LogP contribution in [0.1, 0.15) is 37.0 Å². The van der Waals surface area contributed by atoms with Gasteiger partial charge in [0.1, 0.15) is 5.75 Å². The van der Waals surface area contributed by atoms with Gasteiger partial charge in [-0.25, -0.2) is 8.42 Å². The Morgan fingerprint density at radius 1 is 1.09 bits per heavy atom. The summed E-state index contributed by atoms with van der Waals surface area (Å²) in [6, 6.07) is 13.4. The third-order valence-electron chi connectivity index (χ3n) is 5.38. The zero-order valence-electron chi connectivity index (χ0n) is 19.6. The molecule has 1 aliphatic rings. The standard InChI is InChI=1S/C24H28N4O6S/c1-17(2)24-26-22(27-34-24)15-18-3-5-19(6-4-18)25-23(29)16-33-20-7-9-21(10-8-20)35(30,31)28-11-13-32-14-12-28/h3-10,17H,11-16H2,1-2H3,(H,25,29). The van der Waals surface area contributed by atoms with Gasteiger partial charge in [-0.2, -0.15) is 9.29 Å². The third-order valence-corrected chi connectivity index (χ3v) is 7.29. The summed E-state index contributed by atoms with van der Waals surface area (Å²) in [5, 5.41) is 6.76. The molecule has 0 bridgehead atoms. The molecular formula is C24H28N4O6S. The maximum Gasteiger partial charge on any atom is 0.262 e. The number of hydrogen-bond acceptors (Lipinski definition) is 8. The van der Waals surface area contributed by atoms with Crippen LogP contribution in [0.3, 0.4) is 0 Å². The van der Waals surface area contributed by atoms with Crippen LogP contribution in [0.2, 0.25) is 0 Å². The maximum atomic E-state index is 12.7. The molecule has 1 aromatic heterocycles. The molecule has 186 valence electrons. The van der Waals surface area contributed by atoms with Gasteiger partial charge < -0.3 is 19.3 Å². The van der Waals surface area contributed by atoms with E-state index >= 15 is 0 Å². The minimum absolute atomic E-state index is 0.178. The molecule has 4 rings (SSSR count). The summed E-state index contributed by atoms with van der Waals surface area (Å²) in [5.74, 6) is 1.47. The van der Waals surface area contributed by atoms with Crippen LogP contribution in [-0.2, 0) is 26.0 Å². The molecule has 11 heteroatoms. The molecule has 1 amide bonds. The summed E-state index contributed by atoms with van der Waals surface area (Å²) in [5.41, 5.74) is 1.62. The van der Waals surface area contributed by atoms with Gasteiger partial charge >= 0.3 is 0 Å². The van der Waals surface area contributed by atoms with Crippen molar-refractivity contribution in [1.82, 2.24) is 14.4 Å². The van der Waals surface area contributed by atoms with Crippen LogP contribution >= 0.6 is 0 Å². The fraction of sp³-hybridized carbons (Fsp3) is 0.375. The first-order chi connectivity index (χ1) is 16.8.